The van der Waals surface area contributed by atoms with Crippen molar-refractivity contribution in [3.8, 4) is 0 Å². The van der Waals surface area contributed by atoms with E-state index < -0.39 is 0 Å². The first-order valence-electron chi connectivity index (χ1n) is 8.82. The first-order valence-corrected chi connectivity index (χ1v) is 9.76. The first-order chi connectivity index (χ1) is 12.7. The molecule has 138 valence electrons. The quantitative estimate of drug-likeness (QED) is 0.815. The van der Waals surface area contributed by atoms with E-state index in [-0.39, 0.29) is 11.9 Å². The summed E-state index contributed by atoms with van der Waals surface area (Å²) in [5.74, 6) is 0.115. The number of thiophene rings is 1. The van der Waals surface area contributed by atoms with Crippen LogP contribution in [0.2, 0.25) is 0 Å². The molecule has 0 saturated carbocycles. The summed E-state index contributed by atoms with van der Waals surface area (Å²) in [6, 6.07) is 11.6. The Hall–Kier alpha value is -2.38. The number of piperazine rings is 1. The van der Waals surface area contributed by atoms with Crippen molar-refractivity contribution in [2.75, 3.05) is 39.3 Å². The van der Waals surface area contributed by atoms with Gasteiger partial charge in [0.1, 0.15) is 0 Å². The van der Waals surface area contributed by atoms with Crippen molar-refractivity contribution in [2.24, 2.45) is 0 Å². The van der Waals surface area contributed by atoms with Crippen molar-refractivity contribution in [1.29, 1.82) is 0 Å². The summed E-state index contributed by atoms with van der Waals surface area (Å²) in [5, 5.41) is 9.56. The molecule has 1 aromatic heterocycles. The van der Waals surface area contributed by atoms with Gasteiger partial charge in [-0.2, -0.15) is 11.3 Å². The van der Waals surface area contributed by atoms with Gasteiger partial charge in [-0.1, -0.05) is 30.3 Å². The summed E-state index contributed by atoms with van der Waals surface area (Å²) >= 11 is 1.54. The lowest BCUT2D eigenvalue weighted by Crippen LogP contribution is -2.50. The number of carbonyl (C=O) groups excluding carboxylic acids is 2. The molecule has 3 amide bonds. The Balaban J connectivity index is 1.30. The molecule has 7 heteroatoms. The molecular formula is C19H24N4O2S. The van der Waals surface area contributed by atoms with Crippen LogP contribution in [0.25, 0.3) is 0 Å². The minimum atomic E-state index is -0.153. The van der Waals surface area contributed by atoms with Crippen molar-refractivity contribution in [1.82, 2.24) is 20.4 Å². The number of rotatable bonds is 6. The van der Waals surface area contributed by atoms with Gasteiger partial charge in [0.05, 0.1) is 5.56 Å². The van der Waals surface area contributed by atoms with Gasteiger partial charge in [0.25, 0.3) is 5.91 Å². The number of nitrogens with zero attached hydrogens (tertiary/aromatic N) is 2. The van der Waals surface area contributed by atoms with Gasteiger partial charge >= 0.3 is 6.03 Å². The van der Waals surface area contributed by atoms with Crippen LogP contribution in [0.4, 0.5) is 4.79 Å². The molecular weight excluding hydrogens is 348 g/mol. The van der Waals surface area contributed by atoms with Crippen molar-refractivity contribution in [2.45, 2.75) is 6.54 Å². The highest BCUT2D eigenvalue weighted by Gasteiger charge is 2.22. The van der Waals surface area contributed by atoms with E-state index >= 15 is 0 Å². The smallest absolute Gasteiger partial charge is 0.315 e. The highest BCUT2D eigenvalue weighted by molar-refractivity contribution is 7.08. The molecule has 1 fully saturated rings. The van der Waals surface area contributed by atoms with E-state index in [4.69, 9.17) is 0 Å². The van der Waals surface area contributed by atoms with Crippen molar-refractivity contribution in [3.63, 3.8) is 0 Å². The lowest BCUT2D eigenvalue weighted by molar-refractivity contribution is 0.0640. The van der Waals surface area contributed by atoms with Crippen molar-refractivity contribution < 1.29 is 9.59 Å². The molecule has 2 aromatic rings. The summed E-state index contributed by atoms with van der Waals surface area (Å²) in [5.41, 5.74) is 1.86. The average molecular weight is 372 g/mol. The molecule has 0 atom stereocenters. The fourth-order valence-corrected chi connectivity index (χ4v) is 3.54. The zero-order chi connectivity index (χ0) is 18.2. The molecule has 26 heavy (non-hydrogen) atoms. The summed E-state index contributed by atoms with van der Waals surface area (Å²) < 4.78 is 0. The molecule has 3 rings (SSSR count). The Labute approximate surface area is 157 Å². The summed E-state index contributed by atoms with van der Waals surface area (Å²) in [6.07, 6.45) is 0. The van der Waals surface area contributed by atoms with Crippen LogP contribution in [0.15, 0.2) is 47.2 Å². The minimum Gasteiger partial charge on any atom is -0.337 e. The molecule has 1 aliphatic rings. The fraction of sp³-hybridized carbons (Fsp3) is 0.368. The maximum Gasteiger partial charge on any atom is 0.315 e. The monoisotopic (exact) mass is 372 g/mol. The highest BCUT2D eigenvalue weighted by Crippen LogP contribution is 2.11. The van der Waals surface area contributed by atoms with Crippen LogP contribution in [0, 0.1) is 0 Å². The molecule has 0 radical (unpaired) electrons. The lowest BCUT2D eigenvalue weighted by Gasteiger charge is -2.34. The van der Waals surface area contributed by atoms with Gasteiger partial charge in [-0.15, -0.1) is 0 Å². The summed E-state index contributed by atoms with van der Waals surface area (Å²) in [6.45, 7) is 5.05. The second-order valence-electron chi connectivity index (χ2n) is 6.24. The van der Waals surface area contributed by atoms with E-state index in [1.54, 1.807) is 11.3 Å². The Morgan fingerprint density at radius 1 is 1.00 bits per heavy atom. The van der Waals surface area contributed by atoms with Crippen molar-refractivity contribution >= 4 is 23.3 Å². The molecule has 1 aliphatic heterocycles. The molecule has 0 bridgehead atoms. The summed E-state index contributed by atoms with van der Waals surface area (Å²) in [4.78, 5) is 28.3. The van der Waals surface area contributed by atoms with Crippen molar-refractivity contribution in [3.05, 3.63) is 58.3 Å². The number of benzene rings is 1. The lowest BCUT2D eigenvalue weighted by atomic mass is 10.2. The van der Waals surface area contributed by atoms with E-state index in [1.165, 1.54) is 0 Å². The molecule has 1 saturated heterocycles. The Kier molecular flexibility index (Phi) is 6.62. The SMILES string of the molecule is O=C(NCCN1CCN(C(=O)c2ccsc2)CC1)NCc1ccccc1. The molecule has 2 heterocycles. The molecule has 0 unspecified atom stereocenters. The largest absolute Gasteiger partial charge is 0.337 e. The number of amides is 3. The number of nitrogens with one attached hydrogen (secondary N) is 2. The van der Waals surface area contributed by atoms with Crippen LogP contribution in [0.5, 0.6) is 0 Å². The minimum absolute atomic E-state index is 0.115. The Morgan fingerprint density at radius 2 is 1.77 bits per heavy atom. The van der Waals surface area contributed by atoms with Gasteiger partial charge in [-0.05, 0) is 17.0 Å². The zero-order valence-electron chi connectivity index (χ0n) is 14.7. The maximum atomic E-state index is 12.3. The third kappa shape index (κ3) is 5.31. The normalized spacial score (nSPS) is 14.8. The standard InChI is InChI=1S/C19H24N4O2S/c24-18(17-6-13-26-15-17)23-11-9-22(10-12-23)8-7-20-19(25)21-14-16-4-2-1-3-5-16/h1-6,13,15H,7-12,14H2,(H2,20,21,25). The van der Waals surface area contributed by atoms with Gasteiger partial charge in [0, 0.05) is 51.2 Å². The number of carbonyl (C=O) groups is 2. The van der Waals surface area contributed by atoms with Gasteiger partial charge in [-0.25, -0.2) is 4.79 Å². The second-order valence-corrected chi connectivity index (χ2v) is 7.02. The van der Waals surface area contributed by atoms with Crippen LogP contribution in [0.1, 0.15) is 15.9 Å². The van der Waals surface area contributed by atoms with Crippen LogP contribution < -0.4 is 10.6 Å². The third-order valence-corrected chi connectivity index (χ3v) is 5.12. The first kappa shape index (κ1) is 18.4. The van der Waals surface area contributed by atoms with Gasteiger partial charge < -0.3 is 15.5 Å². The zero-order valence-corrected chi connectivity index (χ0v) is 15.5. The topological polar surface area (TPSA) is 64.7 Å². The number of hydrogen-bond acceptors (Lipinski definition) is 4. The Bertz CT molecular complexity index is 698. The summed E-state index contributed by atoms with van der Waals surface area (Å²) in [7, 11) is 0. The van der Waals surface area contributed by atoms with Crippen LogP contribution >= 0.6 is 11.3 Å². The van der Waals surface area contributed by atoms with E-state index in [1.807, 2.05) is 52.1 Å². The predicted molar refractivity (Wildman–Crippen MR) is 103 cm³/mol. The average Bonchev–Trinajstić information content (AvgIpc) is 3.22. The number of hydrogen-bond donors (Lipinski definition) is 2. The van der Waals surface area contributed by atoms with Gasteiger partial charge in [-0.3, -0.25) is 9.69 Å². The fourth-order valence-electron chi connectivity index (χ4n) is 2.91. The molecule has 0 spiro atoms. The highest BCUT2D eigenvalue weighted by atomic mass is 32.1. The van der Waals surface area contributed by atoms with Crippen LogP contribution in [-0.2, 0) is 6.54 Å². The van der Waals surface area contributed by atoms with Gasteiger partial charge in [0.15, 0.2) is 0 Å². The number of urea groups is 1. The van der Waals surface area contributed by atoms with Gasteiger partial charge in [0.2, 0.25) is 0 Å². The second kappa shape index (κ2) is 9.35. The molecule has 2 N–H and O–H groups in total. The molecule has 0 aliphatic carbocycles. The Morgan fingerprint density at radius 3 is 2.46 bits per heavy atom. The van der Waals surface area contributed by atoms with E-state index in [2.05, 4.69) is 15.5 Å². The molecule has 1 aromatic carbocycles. The van der Waals surface area contributed by atoms with E-state index in [0.717, 1.165) is 43.9 Å². The van der Waals surface area contributed by atoms with E-state index in [9.17, 15) is 9.59 Å². The molecule has 6 nitrogen and oxygen atoms in total. The van der Waals surface area contributed by atoms with E-state index in [0.29, 0.717) is 13.1 Å². The third-order valence-electron chi connectivity index (χ3n) is 4.44. The van der Waals surface area contributed by atoms with Crippen LogP contribution in [0.3, 0.4) is 0 Å². The predicted octanol–water partition coefficient (Wildman–Crippen LogP) is 2.01. The van der Waals surface area contributed by atoms with Crippen LogP contribution in [-0.4, -0.2) is 61.0 Å². The maximum absolute atomic E-state index is 12.3.